The molecule has 10 aromatic rings. The average Bonchev–Trinajstić information content (AvgIpc) is 3.26. The maximum atomic E-state index is 5.21. The molecule has 0 amide bonds. The highest BCUT2D eigenvalue weighted by Crippen LogP contribution is 2.38. The van der Waals surface area contributed by atoms with Gasteiger partial charge in [0.25, 0.3) is 0 Å². The van der Waals surface area contributed by atoms with E-state index in [9.17, 15) is 0 Å². The Kier molecular flexibility index (Phi) is 7.81. The molecule has 0 radical (unpaired) electrons. The fourth-order valence-electron chi connectivity index (χ4n) is 7.54. The van der Waals surface area contributed by atoms with Crippen LogP contribution in [0.5, 0.6) is 0 Å². The second-order valence-corrected chi connectivity index (χ2v) is 13.6. The van der Waals surface area contributed by atoms with Crippen molar-refractivity contribution in [3.05, 3.63) is 200 Å². The predicted molar refractivity (Wildman–Crippen MR) is 225 cm³/mol. The van der Waals surface area contributed by atoms with Crippen LogP contribution in [0.2, 0.25) is 0 Å². The molecule has 0 aliphatic carbocycles. The third-order valence-corrected chi connectivity index (χ3v) is 10.3. The van der Waals surface area contributed by atoms with Crippen molar-refractivity contribution in [3.8, 4) is 67.4 Å². The van der Waals surface area contributed by atoms with E-state index in [1.807, 2.05) is 24.3 Å². The number of hydrogen-bond acceptors (Lipinski definition) is 3. The summed E-state index contributed by atoms with van der Waals surface area (Å²) in [7, 11) is 0. The van der Waals surface area contributed by atoms with E-state index in [0.29, 0.717) is 5.82 Å². The molecule has 252 valence electrons. The first-order valence-corrected chi connectivity index (χ1v) is 18.3. The number of nitrogens with zero attached hydrogens (tertiary/aromatic N) is 3. The first-order valence-electron chi connectivity index (χ1n) is 18.3. The molecule has 0 spiro atoms. The van der Waals surface area contributed by atoms with Gasteiger partial charge in [-0.15, -0.1) is 0 Å². The lowest BCUT2D eigenvalue weighted by molar-refractivity contribution is 1.18. The minimum absolute atomic E-state index is 0.702. The molecule has 0 aliphatic heterocycles. The van der Waals surface area contributed by atoms with E-state index in [-0.39, 0.29) is 0 Å². The van der Waals surface area contributed by atoms with Gasteiger partial charge in [-0.2, -0.15) is 0 Å². The molecule has 0 saturated heterocycles. The fraction of sp³-hybridized carbons (Fsp3) is 0. The number of aromatic nitrogens is 3. The zero-order valence-electron chi connectivity index (χ0n) is 29.4. The highest BCUT2D eigenvalue weighted by Gasteiger charge is 2.15. The van der Waals surface area contributed by atoms with E-state index in [2.05, 4.69) is 176 Å². The maximum Gasteiger partial charge on any atom is 0.160 e. The van der Waals surface area contributed by atoms with Gasteiger partial charge in [-0.1, -0.05) is 182 Å². The number of fused-ring (bicyclic) bond motifs is 5. The van der Waals surface area contributed by atoms with Gasteiger partial charge in [-0.3, -0.25) is 0 Å². The van der Waals surface area contributed by atoms with E-state index < -0.39 is 0 Å². The van der Waals surface area contributed by atoms with Gasteiger partial charge in [-0.05, 0) is 51.2 Å². The standard InChI is InChI=1S/C51H33N3/c1-3-12-34(13-4-1)35-22-26-38(27-23-35)47-33-48(54-51(53-47)40-15-5-2-6-16-40)42-18-11-17-41(32-42)36-24-28-39(29-25-36)50-45-31-30-37-14-7-8-19-43(37)49(45)44-20-9-10-21-46(44)52-50/h1-33H. The van der Waals surface area contributed by atoms with Gasteiger partial charge < -0.3 is 0 Å². The van der Waals surface area contributed by atoms with Crippen LogP contribution in [0.1, 0.15) is 0 Å². The summed E-state index contributed by atoms with van der Waals surface area (Å²) in [5, 5.41) is 6.06. The summed E-state index contributed by atoms with van der Waals surface area (Å²) in [4.78, 5) is 15.4. The van der Waals surface area contributed by atoms with Crippen LogP contribution in [0.4, 0.5) is 0 Å². The Hall–Kier alpha value is -7.23. The van der Waals surface area contributed by atoms with E-state index in [1.54, 1.807) is 0 Å². The lowest BCUT2D eigenvalue weighted by atomic mass is 9.94. The Morgan fingerprint density at radius 2 is 0.815 bits per heavy atom. The molecule has 3 nitrogen and oxygen atoms in total. The second kappa shape index (κ2) is 13.4. The first kappa shape index (κ1) is 31.5. The van der Waals surface area contributed by atoms with Crippen LogP contribution in [0, 0.1) is 0 Å². The van der Waals surface area contributed by atoms with Crippen LogP contribution in [0.25, 0.3) is 99.9 Å². The van der Waals surface area contributed by atoms with E-state index in [4.69, 9.17) is 15.0 Å². The number of benzene rings is 8. The van der Waals surface area contributed by atoms with Crippen molar-refractivity contribution in [2.45, 2.75) is 0 Å². The van der Waals surface area contributed by atoms with Crippen molar-refractivity contribution >= 4 is 32.4 Å². The van der Waals surface area contributed by atoms with Crippen molar-refractivity contribution < 1.29 is 0 Å². The molecule has 0 unspecified atom stereocenters. The van der Waals surface area contributed by atoms with Gasteiger partial charge >= 0.3 is 0 Å². The lowest BCUT2D eigenvalue weighted by Crippen LogP contribution is -1.96. The summed E-state index contributed by atoms with van der Waals surface area (Å²) in [5.74, 6) is 0.702. The van der Waals surface area contributed by atoms with Crippen molar-refractivity contribution in [2.75, 3.05) is 0 Å². The van der Waals surface area contributed by atoms with Crippen LogP contribution in [-0.4, -0.2) is 15.0 Å². The predicted octanol–water partition coefficient (Wildman–Crippen LogP) is 13.3. The number of rotatable bonds is 6. The van der Waals surface area contributed by atoms with Gasteiger partial charge in [0.1, 0.15) is 0 Å². The Morgan fingerprint density at radius 3 is 1.57 bits per heavy atom. The zero-order valence-corrected chi connectivity index (χ0v) is 29.4. The van der Waals surface area contributed by atoms with Gasteiger partial charge in [-0.25, -0.2) is 15.0 Å². The number of hydrogen-bond donors (Lipinski definition) is 0. The maximum absolute atomic E-state index is 5.21. The Morgan fingerprint density at radius 1 is 0.278 bits per heavy atom. The molecule has 54 heavy (non-hydrogen) atoms. The zero-order chi connectivity index (χ0) is 35.8. The SMILES string of the molecule is c1ccc(-c2ccc(-c3cc(-c4cccc(-c5ccc(-c6nc7ccccc7c7c6ccc6ccccc67)cc5)c4)nc(-c4ccccc4)n3)cc2)cc1. The normalized spacial score (nSPS) is 11.3. The van der Waals surface area contributed by atoms with Crippen molar-refractivity contribution in [1.82, 2.24) is 15.0 Å². The van der Waals surface area contributed by atoms with E-state index in [1.165, 1.54) is 32.7 Å². The van der Waals surface area contributed by atoms with Crippen LogP contribution in [0.15, 0.2) is 200 Å². The second-order valence-electron chi connectivity index (χ2n) is 13.6. The molecule has 0 bridgehead atoms. The van der Waals surface area contributed by atoms with Gasteiger partial charge in [0.05, 0.1) is 22.6 Å². The largest absolute Gasteiger partial charge is 0.247 e. The number of para-hydroxylation sites is 1. The molecule has 2 aromatic heterocycles. The molecule has 3 heteroatoms. The third-order valence-electron chi connectivity index (χ3n) is 10.3. The Bertz CT molecular complexity index is 2940. The molecule has 0 saturated carbocycles. The molecule has 0 N–H and O–H groups in total. The molecule has 10 rings (SSSR count). The smallest absolute Gasteiger partial charge is 0.160 e. The van der Waals surface area contributed by atoms with Crippen molar-refractivity contribution in [2.24, 2.45) is 0 Å². The molecular formula is C51H33N3. The Labute approximate surface area is 313 Å². The van der Waals surface area contributed by atoms with Gasteiger partial charge in [0.2, 0.25) is 0 Å². The molecule has 2 heterocycles. The monoisotopic (exact) mass is 687 g/mol. The third kappa shape index (κ3) is 5.78. The van der Waals surface area contributed by atoms with Crippen LogP contribution < -0.4 is 0 Å². The summed E-state index contributed by atoms with van der Waals surface area (Å²) in [6.45, 7) is 0. The van der Waals surface area contributed by atoms with Crippen LogP contribution in [0.3, 0.4) is 0 Å². The highest BCUT2D eigenvalue weighted by molar-refractivity contribution is 6.22. The number of pyridine rings is 1. The quantitative estimate of drug-likeness (QED) is 0.163. The summed E-state index contributed by atoms with van der Waals surface area (Å²) < 4.78 is 0. The summed E-state index contributed by atoms with van der Waals surface area (Å²) in [5.41, 5.74) is 12.5. The first-order chi connectivity index (χ1) is 26.7. The molecule has 0 fully saturated rings. The van der Waals surface area contributed by atoms with Crippen molar-refractivity contribution in [3.63, 3.8) is 0 Å². The summed E-state index contributed by atoms with van der Waals surface area (Å²) in [6, 6.07) is 70.3. The van der Waals surface area contributed by atoms with Crippen molar-refractivity contribution in [1.29, 1.82) is 0 Å². The van der Waals surface area contributed by atoms with Crippen LogP contribution >= 0.6 is 0 Å². The minimum Gasteiger partial charge on any atom is -0.247 e. The van der Waals surface area contributed by atoms with Gasteiger partial charge in [0, 0.05) is 38.4 Å². The highest BCUT2D eigenvalue weighted by atomic mass is 14.9. The minimum atomic E-state index is 0.702. The van der Waals surface area contributed by atoms with Crippen LogP contribution in [-0.2, 0) is 0 Å². The molecule has 0 aliphatic rings. The average molecular weight is 688 g/mol. The summed E-state index contributed by atoms with van der Waals surface area (Å²) in [6.07, 6.45) is 0. The molecule has 0 atom stereocenters. The topological polar surface area (TPSA) is 38.7 Å². The van der Waals surface area contributed by atoms with E-state index >= 15 is 0 Å². The summed E-state index contributed by atoms with van der Waals surface area (Å²) >= 11 is 0. The molecule has 8 aromatic carbocycles. The van der Waals surface area contributed by atoms with Gasteiger partial charge in [0.15, 0.2) is 5.82 Å². The van der Waals surface area contributed by atoms with E-state index in [0.717, 1.165) is 61.4 Å². The fourth-order valence-corrected chi connectivity index (χ4v) is 7.54. The Balaban J connectivity index is 1.03. The molecular weight excluding hydrogens is 655 g/mol. The lowest BCUT2D eigenvalue weighted by Gasteiger charge is -2.13.